The van der Waals surface area contributed by atoms with Crippen LogP contribution in [-0.2, 0) is 28.6 Å². The summed E-state index contributed by atoms with van der Waals surface area (Å²) >= 11 is 0. The lowest BCUT2D eigenvalue weighted by Crippen LogP contribution is -2.30. The average molecular weight is 1020 g/mol. The van der Waals surface area contributed by atoms with Gasteiger partial charge in [-0.3, -0.25) is 14.4 Å². The van der Waals surface area contributed by atoms with Crippen molar-refractivity contribution in [3.8, 4) is 0 Å². The van der Waals surface area contributed by atoms with Crippen molar-refractivity contribution >= 4 is 17.9 Å². The average Bonchev–Trinajstić information content (AvgIpc) is 3.38. The van der Waals surface area contributed by atoms with Crippen LogP contribution in [0.3, 0.4) is 0 Å². The van der Waals surface area contributed by atoms with Crippen LogP contribution in [0.25, 0.3) is 0 Å². The Balaban J connectivity index is 4.26. The maximum Gasteiger partial charge on any atom is 0.306 e. The van der Waals surface area contributed by atoms with Crippen molar-refractivity contribution in [3.05, 3.63) is 0 Å². The van der Waals surface area contributed by atoms with E-state index in [1.165, 1.54) is 263 Å². The molecule has 0 bridgehead atoms. The highest BCUT2D eigenvalue weighted by atomic mass is 16.6. The van der Waals surface area contributed by atoms with E-state index in [1.54, 1.807) is 0 Å². The Morgan fingerprint density at radius 2 is 0.486 bits per heavy atom. The third-order valence-electron chi connectivity index (χ3n) is 15.9. The van der Waals surface area contributed by atoms with E-state index in [-0.39, 0.29) is 31.1 Å². The lowest BCUT2D eigenvalue weighted by Gasteiger charge is -2.18. The Labute approximate surface area is 450 Å². The minimum Gasteiger partial charge on any atom is -0.462 e. The molecule has 2 unspecified atom stereocenters. The number of ether oxygens (including phenoxy) is 3. The summed E-state index contributed by atoms with van der Waals surface area (Å²) in [6.45, 7) is 11.5. The van der Waals surface area contributed by atoms with Gasteiger partial charge in [0.2, 0.25) is 0 Å². The topological polar surface area (TPSA) is 78.9 Å². The molecule has 0 amide bonds. The summed E-state index contributed by atoms with van der Waals surface area (Å²) in [5, 5.41) is 0. The van der Waals surface area contributed by atoms with Crippen molar-refractivity contribution < 1.29 is 28.6 Å². The fraction of sp³-hybridized carbons (Fsp3) is 0.955. The van der Waals surface area contributed by atoms with E-state index < -0.39 is 6.10 Å². The normalized spacial score (nSPS) is 12.8. The van der Waals surface area contributed by atoms with Gasteiger partial charge in [-0.15, -0.1) is 0 Å². The van der Waals surface area contributed by atoms with Gasteiger partial charge in [-0.05, 0) is 31.1 Å². The number of esters is 3. The molecule has 0 aliphatic heterocycles. The smallest absolute Gasteiger partial charge is 0.306 e. The highest BCUT2D eigenvalue weighted by Crippen LogP contribution is 2.20. The number of carbonyl (C=O) groups is 3. The molecule has 6 nitrogen and oxygen atoms in total. The quantitative estimate of drug-likeness (QED) is 0.0343. The van der Waals surface area contributed by atoms with Crippen molar-refractivity contribution in [2.75, 3.05) is 13.2 Å². The van der Waals surface area contributed by atoms with Gasteiger partial charge in [0, 0.05) is 19.3 Å². The molecule has 0 aliphatic rings. The molecule has 0 aromatic heterocycles. The lowest BCUT2D eigenvalue weighted by atomic mass is 9.99. The first-order valence-corrected chi connectivity index (χ1v) is 32.8. The lowest BCUT2D eigenvalue weighted by molar-refractivity contribution is -0.167. The molecular weight excluding hydrogens is 889 g/mol. The number of unbranched alkanes of at least 4 members (excludes halogenated alkanes) is 43. The Hall–Kier alpha value is -1.59. The summed E-state index contributed by atoms with van der Waals surface area (Å²) in [6.07, 6.45) is 65.2. The Morgan fingerprint density at radius 3 is 0.722 bits per heavy atom. The van der Waals surface area contributed by atoms with Crippen molar-refractivity contribution in [1.29, 1.82) is 0 Å². The van der Waals surface area contributed by atoms with Crippen LogP contribution in [0.4, 0.5) is 0 Å². The maximum absolute atomic E-state index is 12.9. The van der Waals surface area contributed by atoms with E-state index in [9.17, 15) is 14.4 Å². The van der Waals surface area contributed by atoms with Crippen LogP contribution in [0.15, 0.2) is 0 Å². The van der Waals surface area contributed by atoms with E-state index >= 15 is 0 Å². The van der Waals surface area contributed by atoms with Crippen LogP contribution >= 0.6 is 0 Å². The predicted octanol–water partition coefficient (Wildman–Crippen LogP) is 22.0. The van der Waals surface area contributed by atoms with E-state index in [4.69, 9.17) is 14.2 Å². The van der Waals surface area contributed by atoms with Gasteiger partial charge in [0.15, 0.2) is 6.10 Å². The summed E-state index contributed by atoms with van der Waals surface area (Å²) in [5.41, 5.74) is 0. The fourth-order valence-electron chi connectivity index (χ4n) is 10.2. The van der Waals surface area contributed by atoms with E-state index in [2.05, 4.69) is 34.6 Å². The number of rotatable bonds is 60. The second-order valence-electron chi connectivity index (χ2n) is 23.2. The first kappa shape index (κ1) is 70.4. The molecule has 6 heteroatoms. The second kappa shape index (κ2) is 58.7. The molecule has 0 spiro atoms. The molecule has 72 heavy (non-hydrogen) atoms. The molecule has 0 heterocycles. The molecule has 0 N–H and O–H groups in total. The van der Waals surface area contributed by atoms with E-state index in [0.717, 1.165) is 69.6 Å². The zero-order valence-corrected chi connectivity index (χ0v) is 49.6. The second-order valence-corrected chi connectivity index (χ2v) is 23.2. The summed E-state index contributed by atoms with van der Waals surface area (Å²) < 4.78 is 17.0. The molecule has 428 valence electrons. The minimum atomic E-state index is -0.764. The number of hydrogen-bond donors (Lipinski definition) is 0. The van der Waals surface area contributed by atoms with Crippen LogP contribution < -0.4 is 0 Å². The summed E-state index contributed by atoms with van der Waals surface area (Å²) in [4.78, 5) is 38.3. The van der Waals surface area contributed by atoms with Crippen LogP contribution in [0, 0.1) is 11.8 Å². The monoisotopic (exact) mass is 1020 g/mol. The first-order chi connectivity index (χ1) is 35.3. The molecule has 3 atom stereocenters. The van der Waals surface area contributed by atoms with Crippen molar-refractivity contribution in [2.24, 2.45) is 11.8 Å². The molecule has 0 aliphatic carbocycles. The largest absolute Gasteiger partial charge is 0.462 e. The first-order valence-electron chi connectivity index (χ1n) is 32.8. The zero-order chi connectivity index (χ0) is 52.5. The van der Waals surface area contributed by atoms with Gasteiger partial charge in [0.05, 0.1) is 0 Å². The molecule has 0 saturated heterocycles. The van der Waals surface area contributed by atoms with Crippen LogP contribution in [0.5, 0.6) is 0 Å². The highest BCUT2D eigenvalue weighted by molar-refractivity contribution is 5.71. The van der Waals surface area contributed by atoms with Crippen molar-refractivity contribution in [2.45, 2.75) is 381 Å². The van der Waals surface area contributed by atoms with Gasteiger partial charge in [-0.1, -0.05) is 336 Å². The van der Waals surface area contributed by atoms with Crippen LogP contribution in [0.2, 0.25) is 0 Å². The third-order valence-corrected chi connectivity index (χ3v) is 15.9. The molecule has 0 rings (SSSR count). The molecule has 0 aromatic rings. The van der Waals surface area contributed by atoms with E-state index in [1.807, 2.05) is 0 Å². The molecule has 0 radical (unpaired) electrons. The van der Waals surface area contributed by atoms with Gasteiger partial charge >= 0.3 is 17.9 Å². The van der Waals surface area contributed by atoms with Crippen LogP contribution in [-0.4, -0.2) is 37.2 Å². The Kier molecular flexibility index (Phi) is 57.4. The van der Waals surface area contributed by atoms with Gasteiger partial charge in [-0.2, -0.15) is 0 Å². The number of hydrogen-bond acceptors (Lipinski definition) is 6. The van der Waals surface area contributed by atoms with Crippen LogP contribution in [0.1, 0.15) is 375 Å². The molecule has 0 fully saturated rings. The highest BCUT2D eigenvalue weighted by Gasteiger charge is 2.19. The molecule has 0 saturated carbocycles. The maximum atomic E-state index is 12.9. The zero-order valence-electron chi connectivity index (χ0n) is 49.6. The summed E-state index contributed by atoms with van der Waals surface area (Å²) in [5.74, 6) is 0.948. The van der Waals surface area contributed by atoms with Crippen molar-refractivity contribution in [1.82, 2.24) is 0 Å². The Morgan fingerprint density at radius 1 is 0.278 bits per heavy atom. The standard InChI is InChI=1S/C66H128O6/c1-6-9-10-11-12-13-14-15-16-17-21-24-27-30-36-41-46-51-56-64(67)70-59-63(60-71-65(68)57-52-47-42-37-33-32-35-40-45-50-55-62(5)8-3)72-66(69)58-53-48-43-38-31-28-25-22-19-18-20-23-26-29-34-39-44-49-54-61(4)7-2/h61-63H,6-60H2,1-5H3/t61?,62?,63-/m0/s1. The summed E-state index contributed by atoms with van der Waals surface area (Å²) in [6, 6.07) is 0. The predicted molar refractivity (Wildman–Crippen MR) is 312 cm³/mol. The Bertz CT molecular complexity index is 1110. The van der Waals surface area contributed by atoms with Gasteiger partial charge < -0.3 is 14.2 Å². The number of carbonyl (C=O) groups excluding carboxylic acids is 3. The fourth-order valence-corrected chi connectivity index (χ4v) is 10.2. The van der Waals surface area contributed by atoms with Gasteiger partial charge in [0.25, 0.3) is 0 Å². The van der Waals surface area contributed by atoms with Gasteiger partial charge in [0.1, 0.15) is 13.2 Å². The molecular formula is C66H128O6. The molecule has 0 aromatic carbocycles. The van der Waals surface area contributed by atoms with Gasteiger partial charge in [-0.25, -0.2) is 0 Å². The van der Waals surface area contributed by atoms with E-state index in [0.29, 0.717) is 19.3 Å². The SMILES string of the molecule is CCCCCCCCCCCCCCCCCCCCC(=O)OC[C@@H](COC(=O)CCCCCCCCCCCCC(C)CC)OC(=O)CCCCCCCCCCCCCCCCCCCCC(C)CC. The summed E-state index contributed by atoms with van der Waals surface area (Å²) in [7, 11) is 0. The van der Waals surface area contributed by atoms with Crippen molar-refractivity contribution in [3.63, 3.8) is 0 Å². The third kappa shape index (κ3) is 56.1. The minimum absolute atomic E-state index is 0.0619.